The summed E-state index contributed by atoms with van der Waals surface area (Å²) >= 11 is 0. The number of halogens is 5. The zero-order valence-corrected chi connectivity index (χ0v) is 15.6. The monoisotopic (exact) mass is 438 g/mol. The Bertz CT molecular complexity index is 983. The van der Waals surface area contributed by atoms with Crippen molar-refractivity contribution < 1.29 is 39.9 Å². The molecule has 2 aromatic rings. The first-order valence-corrected chi connectivity index (χ1v) is 9.47. The third kappa shape index (κ3) is 4.82. The van der Waals surface area contributed by atoms with Crippen molar-refractivity contribution in [2.45, 2.75) is 23.7 Å². The molecule has 0 bridgehead atoms. The molecule has 0 saturated heterocycles. The van der Waals surface area contributed by atoms with E-state index < -0.39 is 56.7 Å². The molecule has 2 aromatic carbocycles. The van der Waals surface area contributed by atoms with Gasteiger partial charge in [-0.3, -0.25) is 0 Å². The molecule has 0 aliphatic carbocycles. The normalized spacial score (nSPS) is 14.1. The van der Waals surface area contributed by atoms with Gasteiger partial charge in [0.2, 0.25) is 10.0 Å². The molecule has 29 heavy (non-hydrogen) atoms. The summed E-state index contributed by atoms with van der Waals surface area (Å²) in [5, 5.41) is 1.61. The summed E-state index contributed by atoms with van der Waals surface area (Å²) in [5.41, 5.74) is -4.73. The molecule has 12 heteroatoms. The number of carbonyl (C=O) groups is 1. The van der Waals surface area contributed by atoms with Crippen LogP contribution in [0, 0.1) is 11.6 Å². The average Bonchev–Trinajstić information content (AvgIpc) is 2.64. The van der Waals surface area contributed by atoms with Gasteiger partial charge in [-0.2, -0.15) is 17.9 Å². The predicted octanol–water partition coefficient (Wildman–Crippen LogP) is 3.18. The van der Waals surface area contributed by atoms with Crippen molar-refractivity contribution in [2.24, 2.45) is 0 Å². The van der Waals surface area contributed by atoms with Crippen LogP contribution in [0.15, 0.2) is 53.4 Å². The summed E-state index contributed by atoms with van der Waals surface area (Å²) in [7, 11) is -4.90. The highest BCUT2D eigenvalue weighted by atomic mass is 32.2. The number of hydrogen-bond donors (Lipinski definition) is 2. The number of esters is 1. The molecule has 2 N–H and O–H groups in total. The van der Waals surface area contributed by atoms with E-state index in [-0.39, 0.29) is 0 Å². The molecule has 0 spiro atoms. The summed E-state index contributed by atoms with van der Waals surface area (Å²) < 4.78 is 99.3. The minimum atomic E-state index is -5.58. The minimum absolute atomic E-state index is 0.339. The quantitative estimate of drug-likeness (QED) is 0.394. The number of benzene rings is 2. The van der Waals surface area contributed by atoms with E-state index in [0.29, 0.717) is 18.2 Å². The van der Waals surface area contributed by atoms with Crippen molar-refractivity contribution in [1.82, 2.24) is 4.72 Å². The van der Waals surface area contributed by atoms with Crippen LogP contribution in [0.3, 0.4) is 0 Å². The number of hydrogen-bond acceptors (Lipinski definition) is 5. The van der Waals surface area contributed by atoms with Gasteiger partial charge in [-0.05, 0) is 31.2 Å². The Hall–Kier alpha value is -2.73. The van der Waals surface area contributed by atoms with Crippen LogP contribution < -0.4 is 10.0 Å². The molecule has 0 fully saturated rings. The number of alkyl halides is 3. The lowest BCUT2D eigenvalue weighted by Crippen LogP contribution is -2.69. The highest BCUT2D eigenvalue weighted by Gasteiger charge is 2.64. The molecule has 0 aliphatic rings. The van der Waals surface area contributed by atoms with E-state index in [1.807, 2.05) is 0 Å². The number of rotatable bonds is 7. The third-order valence-corrected chi connectivity index (χ3v) is 5.07. The maximum atomic E-state index is 14.0. The predicted molar refractivity (Wildman–Crippen MR) is 92.2 cm³/mol. The van der Waals surface area contributed by atoms with Crippen LogP contribution in [0.4, 0.5) is 27.6 Å². The van der Waals surface area contributed by atoms with Crippen molar-refractivity contribution in [3.05, 3.63) is 60.2 Å². The molecule has 6 nitrogen and oxygen atoms in total. The van der Waals surface area contributed by atoms with Gasteiger partial charge in [0.05, 0.1) is 11.5 Å². The fourth-order valence-electron chi connectivity index (χ4n) is 2.25. The van der Waals surface area contributed by atoms with Gasteiger partial charge in [-0.1, -0.05) is 18.2 Å². The van der Waals surface area contributed by atoms with Gasteiger partial charge in [0.25, 0.3) is 5.66 Å². The largest absolute Gasteiger partial charge is 0.463 e. The van der Waals surface area contributed by atoms with Crippen molar-refractivity contribution in [2.75, 3.05) is 11.9 Å². The van der Waals surface area contributed by atoms with Crippen LogP contribution in [0.5, 0.6) is 0 Å². The number of sulfonamides is 1. The maximum Gasteiger partial charge on any atom is 0.437 e. The number of ether oxygens (including phenoxy) is 1. The van der Waals surface area contributed by atoms with Crippen LogP contribution in [0.25, 0.3) is 0 Å². The molecule has 0 heterocycles. The van der Waals surface area contributed by atoms with Gasteiger partial charge < -0.3 is 10.1 Å². The lowest BCUT2D eigenvalue weighted by atomic mass is 10.1. The Morgan fingerprint density at radius 3 is 2.17 bits per heavy atom. The van der Waals surface area contributed by atoms with Crippen molar-refractivity contribution in [3.8, 4) is 0 Å². The van der Waals surface area contributed by atoms with Gasteiger partial charge in [-0.15, -0.1) is 0 Å². The average molecular weight is 438 g/mol. The fourth-order valence-corrected chi connectivity index (χ4v) is 3.54. The molecule has 0 saturated carbocycles. The number of anilines is 1. The van der Waals surface area contributed by atoms with Crippen LogP contribution in [-0.4, -0.2) is 32.8 Å². The minimum Gasteiger partial charge on any atom is -0.463 e. The molecular weight excluding hydrogens is 423 g/mol. The van der Waals surface area contributed by atoms with E-state index in [0.717, 1.165) is 12.1 Å². The first kappa shape index (κ1) is 22.6. The Kier molecular flexibility index (Phi) is 6.48. The first-order valence-electron chi connectivity index (χ1n) is 7.99. The standard InChI is InChI=1S/C17H15F5N2O4S/c1-2-28-15(25)16(17(20,21)22,23-11-8-9-13(18)14(19)10-11)24-29(26,27)12-6-4-3-5-7-12/h3-10,23-24H,2H2,1H3. The summed E-state index contributed by atoms with van der Waals surface area (Å²) in [5.74, 6) is -4.90. The highest BCUT2D eigenvalue weighted by molar-refractivity contribution is 7.89. The first-order chi connectivity index (χ1) is 13.4. The smallest absolute Gasteiger partial charge is 0.437 e. The second kappa shape index (κ2) is 8.33. The topological polar surface area (TPSA) is 84.5 Å². The van der Waals surface area contributed by atoms with Crippen LogP contribution in [0.1, 0.15) is 6.92 Å². The third-order valence-electron chi connectivity index (χ3n) is 3.60. The lowest BCUT2D eigenvalue weighted by molar-refractivity contribution is -0.202. The van der Waals surface area contributed by atoms with Gasteiger partial charge in [0.1, 0.15) is 0 Å². The van der Waals surface area contributed by atoms with E-state index in [1.54, 1.807) is 5.32 Å². The molecule has 0 amide bonds. The summed E-state index contributed by atoms with van der Waals surface area (Å²) in [6.45, 7) is 0.700. The fraction of sp³-hybridized carbons (Fsp3) is 0.235. The molecule has 0 aromatic heterocycles. The number of carbonyl (C=O) groups excluding carboxylic acids is 1. The zero-order chi connectivity index (χ0) is 21.9. The van der Waals surface area contributed by atoms with Crippen LogP contribution in [-0.2, 0) is 19.6 Å². The summed E-state index contributed by atoms with van der Waals surface area (Å²) in [6, 6.07) is 7.52. The molecule has 2 rings (SSSR count). The van der Waals surface area contributed by atoms with Crippen LogP contribution >= 0.6 is 0 Å². The summed E-state index contributed by atoms with van der Waals surface area (Å²) in [4.78, 5) is 11.7. The van der Waals surface area contributed by atoms with Gasteiger partial charge in [0.15, 0.2) is 11.6 Å². The Morgan fingerprint density at radius 2 is 1.66 bits per heavy atom. The Morgan fingerprint density at radius 1 is 1.03 bits per heavy atom. The highest BCUT2D eigenvalue weighted by Crippen LogP contribution is 2.35. The van der Waals surface area contributed by atoms with Crippen LogP contribution in [0.2, 0.25) is 0 Å². The Balaban J connectivity index is 2.62. The maximum absolute atomic E-state index is 14.0. The second-order valence-electron chi connectivity index (χ2n) is 5.64. The van der Waals surface area contributed by atoms with E-state index in [1.165, 1.54) is 29.8 Å². The van der Waals surface area contributed by atoms with Crippen molar-refractivity contribution in [3.63, 3.8) is 0 Å². The van der Waals surface area contributed by atoms with Crippen molar-refractivity contribution >= 4 is 21.7 Å². The molecule has 158 valence electrons. The molecule has 0 radical (unpaired) electrons. The number of nitrogens with one attached hydrogen (secondary N) is 2. The SMILES string of the molecule is CCOC(=O)C(Nc1ccc(F)c(F)c1)(NS(=O)(=O)c1ccccc1)C(F)(F)F. The second-order valence-corrected chi connectivity index (χ2v) is 7.32. The lowest BCUT2D eigenvalue weighted by Gasteiger charge is -2.35. The Labute approximate surface area is 162 Å². The van der Waals surface area contributed by atoms with E-state index in [2.05, 4.69) is 4.74 Å². The molecular formula is C17H15F5N2O4S. The van der Waals surface area contributed by atoms with E-state index in [9.17, 15) is 35.2 Å². The van der Waals surface area contributed by atoms with Crippen molar-refractivity contribution in [1.29, 1.82) is 0 Å². The van der Waals surface area contributed by atoms with Gasteiger partial charge in [0, 0.05) is 11.8 Å². The van der Waals surface area contributed by atoms with E-state index >= 15 is 0 Å². The molecule has 1 unspecified atom stereocenters. The van der Waals surface area contributed by atoms with Gasteiger partial charge in [-0.25, -0.2) is 22.0 Å². The molecule has 1 atom stereocenters. The summed E-state index contributed by atoms with van der Waals surface area (Å²) in [6.07, 6.45) is -5.58. The molecule has 0 aliphatic heterocycles. The zero-order valence-electron chi connectivity index (χ0n) is 14.8. The van der Waals surface area contributed by atoms with Gasteiger partial charge >= 0.3 is 12.1 Å². The van der Waals surface area contributed by atoms with E-state index in [4.69, 9.17) is 0 Å².